The zero-order valence-electron chi connectivity index (χ0n) is 12.2. The van der Waals surface area contributed by atoms with Gasteiger partial charge in [-0.2, -0.15) is 0 Å². The second-order valence-corrected chi connectivity index (χ2v) is 4.88. The van der Waals surface area contributed by atoms with Crippen molar-refractivity contribution in [3.05, 3.63) is 35.9 Å². The van der Waals surface area contributed by atoms with Crippen LogP contribution in [0.4, 0.5) is 4.79 Å². The van der Waals surface area contributed by atoms with Gasteiger partial charge in [-0.15, -0.1) is 0 Å². The number of rotatable bonds is 5. The Morgan fingerprint density at radius 3 is 2.59 bits per heavy atom. The lowest BCUT2D eigenvalue weighted by atomic mass is 9.99. The molecule has 1 aromatic carbocycles. The molecule has 1 fully saturated rings. The highest BCUT2D eigenvalue weighted by Gasteiger charge is 2.41. The summed E-state index contributed by atoms with van der Waals surface area (Å²) in [5.41, 5.74) is 1.06. The predicted molar refractivity (Wildman–Crippen MR) is 79.1 cm³/mol. The van der Waals surface area contributed by atoms with Crippen LogP contribution in [-0.4, -0.2) is 46.7 Å². The van der Waals surface area contributed by atoms with Crippen molar-refractivity contribution in [3.8, 4) is 0 Å². The molecule has 2 rings (SSSR count). The number of nitrogens with one attached hydrogen (secondary N) is 1. The number of carbonyl (C=O) groups excluding carboxylic acids is 3. The number of barbiturate groups is 1. The maximum atomic E-state index is 12.5. The Labute approximate surface area is 127 Å². The van der Waals surface area contributed by atoms with Crippen LogP contribution >= 0.6 is 0 Å². The summed E-state index contributed by atoms with van der Waals surface area (Å²) in [5, 5.41) is 10.9. The highest BCUT2D eigenvalue weighted by molar-refractivity contribution is 6.27. The molecule has 1 aromatic rings. The van der Waals surface area contributed by atoms with Crippen molar-refractivity contribution >= 4 is 23.6 Å². The van der Waals surface area contributed by atoms with Gasteiger partial charge in [-0.25, -0.2) is 4.79 Å². The van der Waals surface area contributed by atoms with Crippen LogP contribution in [0, 0.1) is 5.92 Å². The molecule has 22 heavy (non-hydrogen) atoms. The van der Waals surface area contributed by atoms with Crippen LogP contribution in [0.5, 0.6) is 0 Å². The Hall–Kier alpha value is -2.54. The summed E-state index contributed by atoms with van der Waals surface area (Å²) in [6.07, 6.45) is 0. The average Bonchev–Trinajstić information content (AvgIpc) is 2.50. The van der Waals surface area contributed by atoms with Gasteiger partial charge in [0.25, 0.3) is 0 Å². The molecule has 1 heterocycles. The fraction of sp³-hybridized carbons (Fsp3) is 0.333. The number of aliphatic hydroxyl groups is 1. The molecule has 4 amide bonds. The van der Waals surface area contributed by atoms with Crippen molar-refractivity contribution in [2.24, 2.45) is 10.9 Å². The zero-order valence-corrected chi connectivity index (χ0v) is 12.2. The van der Waals surface area contributed by atoms with Gasteiger partial charge in [0.15, 0.2) is 5.92 Å². The number of hydrogen-bond donors (Lipinski definition) is 2. The maximum absolute atomic E-state index is 12.5. The fourth-order valence-corrected chi connectivity index (χ4v) is 2.21. The normalized spacial score (nSPS) is 19.4. The van der Waals surface area contributed by atoms with Crippen LogP contribution in [0.2, 0.25) is 0 Å². The van der Waals surface area contributed by atoms with Gasteiger partial charge in [0.05, 0.1) is 19.7 Å². The first-order chi connectivity index (χ1) is 10.5. The van der Waals surface area contributed by atoms with Crippen molar-refractivity contribution in [2.45, 2.75) is 13.5 Å². The minimum absolute atomic E-state index is 0.0859. The molecule has 7 heteroatoms. The standard InChI is InChI=1S/C15H17N3O4/c1-10(16-7-8-19)12-13(20)17-15(22)18(14(12)21)9-11-5-3-2-4-6-11/h2-6,12,19H,7-9H2,1H3,(H,17,20,22). The molecule has 0 saturated carbocycles. The van der Waals surface area contributed by atoms with E-state index in [4.69, 9.17) is 5.11 Å². The van der Waals surface area contributed by atoms with Crippen molar-refractivity contribution in [1.29, 1.82) is 0 Å². The molecule has 0 spiro atoms. The Morgan fingerprint density at radius 1 is 1.27 bits per heavy atom. The van der Waals surface area contributed by atoms with E-state index in [1.165, 1.54) is 6.92 Å². The Kier molecular flexibility index (Phi) is 5.00. The average molecular weight is 303 g/mol. The molecule has 1 aliphatic rings. The van der Waals surface area contributed by atoms with E-state index in [2.05, 4.69) is 10.3 Å². The number of benzene rings is 1. The van der Waals surface area contributed by atoms with Crippen LogP contribution in [-0.2, 0) is 16.1 Å². The number of imide groups is 2. The van der Waals surface area contributed by atoms with E-state index in [9.17, 15) is 14.4 Å². The van der Waals surface area contributed by atoms with E-state index in [0.29, 0.717) is 0 Å². The summed E-state index contributed by atoms with van der Waals surface area (Å²) in [5.74, 6) is -2.41. The molecule has 0 bridgehead atoms. The predicted octanol–water partition coefficient (Wildman–Crippen LogP) is 0.334. The molecule has 0 aliphatic carbocycles. The molecule has 2 N–H and O–H groups in total. The lowest BCUT2D eigenvalue weighted by Gasteiger charge is -2.30. The van der Waals surface area contributed by atoms with Crippen molar-refractivity contribution in [2.75, 3.05) is 13.2 Å². The molecule has 1 unspecified atom stereocenters. The Balaban J connectivity index is 2.22. The molecular weight excluding hydrogens is 286 g/mol. The summed E-state index contributed by atoms with van der Waals surface area (Å²) >= 11 is 0. The van der Waals surface area contributed by atoms with Gasteiger partial charge in [0.2, 0.25) is 11.8 Å². The first kappa shape index (κ1) is 15.8. The number of nitrogens with zero attached hydrogens (tertiary/aromatic N) is 2. The molecule has 0 radical (unpaired) electrons. The highest BCUT2D eigenvalue weighted by Crippen LogP contribution is 2.16. The largest absolute Gasteiger partial charge is 0.394 e. The van der Waals surface area contributed by atoms with Gasteiger partial charge < -0.3 is 5.11 Å². The number of urea groups is 1. The quantitative estimate of drug-likeness (QED) is 0.605. The summed E-state index contributed by atoms with van der Waals surface area (Å²) < 4.78 is 0. The summed E-state index contributed by atoms with van der Waals surface area (Å²) in [7, 11) is 0. The fourth-order valence-electron chi connectivity index (χ4n) is 2.21. The summed E-state index contributed by atoms with van der Waals surface area (Å²) in [6.45, 7) is 1.55. The van der Waals surface area contributed by atoms with Gasteiger partial charge in [-0.3, -0.25) is 24.8 Å². The molecular formula is C15H17N3O4. The second kappa shape index (κ2) is 6.95. The number of aliphatic imine (C=N–C) groups is 1. The number of aliphatic hydroxyl groups excluding tert-OH is 1. The van der Waals surface area contributed by atoms with E-state index in [0.717, 1.165) is 10.5 Å². The Bertz CT molecular complexity index is 612. The van der Waals surface area contributed by atoms with Crippen LogP contribution in [0.15, 0.2) is 35.3 Å². The van der Waals surface area contributed by atoms with Crippen molar-refractivity contribution in [1.82, 2.24) is 10.2 Å². The molecule has 1 aliphatic heterocycles. The van der Waals surface area contributed by atoms with Gasteiger partial charge in [0.1, 0.15) is 0 Å². The molecule has 0 aromatic heterocycles. The minimum Gasteiger partial charge on any atom is -0.394 e. The van der Waals surface area contributed by atoms with E-state index in [1.807, 2.05) is 6.07 Å². The van der Waals surface area contributed by atoms with E-state index >= 15 is 0 Å². The third kappa shape index (κ3) is 3.37. The first-order valence-corrected chi connectivity index (χ1v) is 6.86. The van der Waals surface area contributed by atoms with Crippen LogP contribution in [0.25, 0.3) is 0 Å². The lowest BCUT2D eigenvalue weighted by molar-refractivity contribution is -0.139. The SMILES string of the molecule is CC(=NCCO)C1C(=O)NC(=O)N(Cc2ccccc2)C1=O. The number of hydrogen-bond acceptors (Lipinski definition) is 5. The topological polar surface area (TPSA) is 99.1 Å². The van der Waals surface area contributed by atoms with E-state index < -0.39 is 23.8 Å². The molecule has 1 saturated heterocycles. The first-order valence-electron chi connectivity index (χ1n) is 6.86. The second-order valence-electron chi connectivity index (χ2n) is 4.88. The number of amides is 4. The summed E-state index contributed by atoms with van der Waals surface area (Å²) in [4.78, 5) is 41.2. The Morgan fingerprint density at radius 2 is 1.95 bits per heavy atom. The minimum atomic E-state index is -1.13. The third-order valence-corrected chi connectivity index (χ3v) is 3.31. The monoisotopic (exact) mass is 303 g/mol. The van der Waals surface area contributed by atoms with Gasteiger partial charge in [0, 0.05) is 5.71 Å². The lowest BCUT2D eigenvalue weighted by Crippen LogP contribution is -2.59. The maximum Gasteiger partial charge on any atom is 0.331 e. The van der Waals surface area contributed by atoms with Crippen LogP contribution in [0.1, 0.15) is 12.5 Å². The zero-order chi connectivity index (χ0) is 16.1. The highest BCUT2D eigenvalue weighted by atomic mass is 16.3. The smallest absolute Gasteiger partial charge is 0.331 e. The van der Waals surface area contributed by atoms with E-state index in [-0.39, 0.29) is 25.4 Å². The third-order valence-electron chi connectivity index (χ3n) is 3.31. The van der Waals surface area contributed by atoms with Gasteiger partial charge in [-0.1, -0.05) is 30.3 Å². The van der Waals surface area contributed by atoms with Gasteiger partial charge >= 0.3 is 6.03 Å². The molecule has 1 atom stereocenters. The van der Waals surface area contributed by atoms with Crippen molar-refractivity contribution < 1.29 is 19.5 Å². The van der Waals surface area contributed by atoms with Gasteiger partial charge in [-0.05, 0) is 12.5 Å². The van der Waals surface area contributed by atoms with Crippen molar-refractivity contribution in [3.63, 3.8) is 0 Å². The van der Waals surface area contributed by atoms with E-state index in [1.54, 1.807) is 24.3 Å². The summed E-state index contributed by atoms with van der Waals surface area (Å²) in [6, 6.07) is 8.29. The van der Waals surface area contributed by atoms with Crippen LogP contribution < -0.4 is 5.32 Å². The molecule has 7 nitrogen and oxygen atoms in total. The number of carbonyl (C=O) groups is 3. The molecule has 116 valence electrons. The van der Waals surface area contributed by atoms with Crippen LogP contribution in [0.3, 0.4) is 0 Å².